The largest absolute Gasteiger partial charge is 0.324 e. The molecule has 0 unspecified atom stereocenters. The van der Waals surface area contributed by atoms with E-state index in [1.165, 1.54) is 0 Å². The van der Waals surface area contributed by atoms with Gasteiger partial charge in [0.05, 0.1) is 0 Å². The summed E-state index contributed by atoms with van der Waals surface area (Å²) in [6, 6.07) is 11.2. The van der Waals surface area contributed by atoms with Gasteiger partial charge in [-0.3, -0.25) is 15.2 Å². The normalized spacial score (nSPS) is 10.4. The molecule has 0 aliphatic rings. The minimum absolute atomic E-state index is 0.233. The van der Waals surface area contributed by atoms with Gasteiger partial charge in [-0.2, -0.15) is 4.98 Å². The summed E-state index contributed by atoms with van der Waals surface area (Å²) in [7, 11) is 0. The van der Waals surface area contributed by atoms with Gasteiger partial charge in [0.15, 0.2) is 0 Å². The predicted octanol–water partition coefficient (Wildman–Crippen LogP) is 2.16. The number of aryl methyl sites for hydroxylation is 1. The summed E-state index contributed by atoms with van der Waals surface area (Å²) >= 11 is 0. The summed E-state index contributed by atoms with van der Waals surface area (Å²) < 4.78 is 1.97. The summed E-state index contributed by atoms with van der Waals surface area (Å²) in [4.78, 5) is 16.0. The lowest BCUT2D eigenvalue weighted by atomic mass is 10.2. The van der Waals surface area contributed by atoms with Crippen LogP contribution in [-0.4, -0.2) is 25.7 Å². The molecule has 0 radical (unpaired) electrons. The van der Waals surface area contributed by atoms with E-state index in [0.717, 1.165) is 5.69 Å². The first-order chi connectivity index (χ1) is 9.72. The molecule has 1 amide bonds. The zero-order chi connectivity index (χ0) is 13.9. The molecule has 0 atom stereocenters. The molecule has 100 valence electrons. The van der Waals surface area contributed by atoms with Gasteiger partial charge in [-0.15, -0.1) is 5.10 Å². The number of aromatic nitrogens is 4. The fourth-order valence-electron chi connectivity index (χ4n) is 1.86. The van der Waals surface area contributed by atoms with Crippen molar-refractivity contribution in [1.82, 2.24) is 19.7 Å². The minimum Gasteiger partial charge on any atom is -0.324 e. The smallest absolute Gasteiger partial charge is 0.258 e. The van der Waals surface area contributed by atoms with Crippen LogP contribution in [0, 0.1) is 6.92 Å². The number of anilines is 1. The predicted molar refractivity (Wildman–Crippen MR) is 74.8 cm³/mol. The first kappa shape index (κ1) is 12.2. The maximum atomic E-state index is 12.0. The van der Waals surface area contributed by atoms with Crippen LogP contribution in [0.3, 0.4) is 0 Å². The van der Waals surface area contributed by atoms with Gasteiger partial charge in [0, 0.05) is 23.6 Å². The van der Waals surface area contributed by atoms with E-state index in [9.17, 15) is 4.79 Å². The minimum atomic E-state index is -0.233. The first-order valence-corrected chi connectivity index (χ1v) is 6.16. The highest BCUT2D eigenvalue weighted by Gasteiger charge is 2.08. The monoisotopic (exact) mass is 267 g/mol. The fraction of sp³-hybridized carbons (Fsp3) is 0.0714. The molecule has 1 aromatic carbocycles. The summed E-state index contributed by atoms with van der Waals surface area (Å²) in [5.41, 5.74) is 1.56. The van der Waals surface area contributed by atoms with Gasteiger partial charge in [0.2, 0.25) is 5.95 Å². The zero-order valence-electron chi connectivity index (χ0n) is 10.9. The highest BCUT2D eigenvalue weighted by Crippen LogP contribution is 2.11. The van der Waals surface area contributed by atoms with Gasteiger partial charge >= 0.3 is 0 Å². The second-order valence-electron chi connectivity index (χ2n) is 4.34. The molecule has 0 saturated carbocycles. The summed E-state index contributed by atoms with van der Waals surface area (Å²) in [6.07, 6.45) is 3.90. The van der Waals surface area contributed by atoms with Crippen molar-refractivity contribution in [1.29, 1.82) is 0 Å². The highest BCUT2D eigenvalue weighted by molar-refractivity contribution is 6.03. The number of nitrogens with one attached hydrogen (secondary N) is 2. The molecule has 0 aliphatic heterocycles. The lowest BCUT2D eigenvalue weighted by molar-refractivity contribution is 0.102. The zero-order valence-corrected chi connectivity index (χ0v) is 10.9. The molecule has 0 aliphatic carbocycles. The Morgan fingerprint density at radius 2 is 1.90 bits per heavy atom. The molecule has 0 spiro atoms. The maximum Gasteiger partial charge on any atom is 0.258 e. The number of rotatable bonds is 3. The van der Waals surface area contributed by atoms with Crippen LogP contribution in [0.2, 0.25) is 0 Å². The molecular weight excluding hydrogens is 254 g/mol. The van der Waals surface area contributed by atoms with Crippen molar-refractivity contribution in [2.75, 3.05) is 5.32 Å². The van der Waals surface area contributed by atoms with E-state index in [-0.39, 0.29) is 11.9 Å². The molecule has 2 N–H and O–H groups in total. The van der Waals surface area contributed by atoms with Crippen LogP contribution in [0.4, 0.5) is 5.95 Å². The quantitative estimate of drug-likeness (QED) is 0.763. The number of aromatic amines is 1. The highest BCUT2D eigenvalue weighted by atomic mass is 16.1. The topological polar surface area (TPSA) is 75.6 Å². The Kier molecular flexibility index (Phi) is 3.04. The van der Waals surface area contributed by atoms with E-state index in [4.69, 9.17) is 0 Å². The Bertz CT molecular complexity index is 712. The van der Waals surface area contributed by atoms with E-state index < -0.39 is 0 Å². The SMILES string of the molecule is Cc1nc(NC(=O)c2ccc(-n3cccc3)cc2)n[nH]1. The Morgan fingerprint density at radius 1 is 1.20 bits per heavy atom. The second-order valence-corrected chi connectivity index (χ2v) is 4.34. The number of nitrogens with zero attached hydrogens (tertiary/aromatic N) is 3. The molecule has 0 saturated heterocycles. The van der Waals surface area contributed by atoms with Gasteiger partial charge in [-0.1, -0.05) is 0 Å². The van der Waals surface area contributed by atoms with Gasteiger partial charge in [0.1, 0.15) is 5.82 Å². The molecule has 20 heavy (non-hydrogen) atoms. The van der Waals surface area contributed by atoms with Gasteiger partial charge < -0.3 is 4.57 Å². The van der Waals surface area contributed by atoms with Crippen LogP contribution >= 0.6 is 0 Å². The summed E-state index contributed by atoms with van der Waals surface area (Å²) in [5.74, 6) is 0.702. The molecule has 2 aromatic heterocycles. The van der Waals surface area contributed by atoms with E-state index in [0.29, 0.717) is 11.4 Å². The van der Waals surface area contributed by atoms with Crippen molar-refractivity contribution >= 4 is 11.9 Å². The van der Waals surface area contributed by atoms with Crippen molar-refractivity contribution in [2.45, 2.75) is 6.92 Å². The number of hydrogen-bond acceptors (Lipinski definition) is 3. The number of amides is 1. The first-order valence-electron chi connectivity index (χ1n) is 6.16. The lowest BCUT2D eigenvalue weighted by Crippen LogP contribution is -2.13. The second kappa shape index (κ2) is 5.00. The molecule has 3 rings (SSSR count). The number of carbonyl (C=O) groups is 1. The van der Waals surface area contributed by atoms with Gasteiger partial charge in [-0.05, 0) is 43.3 Å². The summed E-state index contributed by atoms with van der Waals surface area (Å²) in [5, 5.41) is 9.18. The van der Waals surface area contributed by atoms with E-state index in [1.54, 1.807) is 19.1 Å². The number of benzene rings is 1. The Balaban J connectivity index is 1.75. The summed E-state index contributed by atoms with van der Waals surface area (Å²) in [6.45, 7) is 1.77. The van der Waals surface area contributed by atoms with E-state index >= 15 is 0 Å². The number of carbonyl (C=O) groups excluding carboxylic acids is 1. The molecule has 2 heterocycles. The number of H-pyrrole nitrogens is 1. The number of hydrogen-bond donors (Lipinski definition) is 2. The van der Waals surface area contributed by atoms with Crippen molar-refractivity contribution in [3.8, 4) is 5.69 Å². The Labute approximate surface area is 115 Å². The van der Waals surface area contributed by atoms with Gasteiger partial charge in [-0.25, -0.2) is 0 Å². The third-order valence-corrected chi connectivity index (χ3v) is 2.85. The molecule has 6 nitrogen and oxygen atoms in total. The van der Waals surface area contributed by atoms with Crippen LogP contribution in [0.25, 0.3) is 5.69 Å². The van der Waals surface area contributed by atoms with Crippen LogP contribution in [0.15, 0.2) is 48.8 Å². The van der Waals surface area contributed by atoms with Gasteiger partial charge in [0.25, 0.3) is 5.91 Å². The third-order valence-electron chi connectivity index (χ3n) is 2.85. The van der Waals surface area contributed by atoms with Crippen molar-refractivity contribution in [3.63, 3.8) is 0 Å². The van der Waals surface area contributed by atoms with Crippen molar-refractivity contribution < 1.29 is 4.79 Å². The van der Waals surface area contributed by atoms with Crippen LogP contribution in [0.5, 0.6) is 0 Å². The molecule has 0 bridgehead atoms. The maximum absolute atomic E-state index is 12.0. The molecule has 0 fully saturated rings. The van der Waals surface area contributed by atoms with Crippen molar-refractivity contribution in [3.05, 3.63) is 60.2 Å². The average Bonchev–Trinajstić information content (AvgIpc) is 3.11. The van der Waals surface area contributed by atoms with E-state index in [1.807, 2.05) is 41.2 Å². The Hall–Kier alpha value is -2.89. The van der Waals surface area contributed by atoms with Crippen LogP contribution < -0.4 is 5.32 Å². The average molecular weight is 267 g/mol. The van der Waals surface area contributed by atoms with Crippen LogP contribution in [0.1, 0.15) is 16.2 Å². The third kappa shape index (κ3) is 2.44. The molecule has 6 heteroatoms. The lowest BCUT2D eigenvalue weighted by Gasteiger charge is -2.04. The van der Waals surface area contributed by atoms with E-state index in [2.05, 4.69) is 20.5 Å². The van der Waals surface area contributed by atoms with Crippen molar-refractivity contribution in [2.24, 2.45) is 0 Å². The molecular formula is C14H13N5O. The standard InChI is InChI=1S/C14H13N5O/c1-10-15-14(18-17-10)16-13(20)11-4-6-12(7-5-11)19-8-2-3-9-19/h2-9H,1H3,(H2,15,16,17,18,20). The fourth-order valence-corrected chi connectivity index (χ4v) is 1.86. The Morgan fingerprint density at radius 3 is 2.50 bits per heavy atom. The van der Waals surface area contributed by atoms with Crippen LogP contribution in [-0.2, 0) is 0 Å². The molecule has 3 aromatic rings.